The van der Waals surface area contributed by atoms with Crippen molar-refractivity contribution in [3.8, 4) is 0 Å². The Labute approximate surface area is 89.1 Å². The van der Waals surface area contributed by atoms with Gasteiger partial charge in [0.25, 0.3) is 0 Å². The van der Waals surface area contributed by atoms with Crippen molar-refractivity contribution in [1.82, 2.24) is 10.0 Å². The van der Waals surface area contributed by atoms with Crippen LogP contribution in [0.25, 0.3) is 0 Å². The fraction of sp³-hybridized carbons (Fsp3) is 1.00. The van der Waals surface area contributed by atoms with Gasteiger partial charge in [-0.1, -0.05) is 0 Å². The summed E-state index contributed by atoms with van der Waals surface area (Å²) >= 11 is 0. The lowest BCUT2D eigenvalue weighted by Crippen LogP contribution is -2.46. The summed E-state index contributed by atoms with van der Waals surface area (Å²) in [6.45, 7) is 8.83. The van der Waals surface area contributed by atoms with E-state index in [2.05, 4.69) is 51.8 Å². The second-order valence-electron chi connectivity index (χ2n) is 3.41. The van der Waals surface area contributed by atoms with Gasteiger partial charge >= 0.3 is 0 Å². The average molecular weight is 217 g/mol. The van der Waals surface area contributed by atoms with Crippen LogP contribution in [0.2, 0.25) is 0 Å². The van der Waals surface area contributed by atoms with Gasteiger partial charge in [-0.2, -0.15) is 0 Å². The fourth-order valence-corrected chi connectivity index (χ4v) is 1.52. The Hall–Kier alpha value is 0.500. The predicted molar refractivity (Wildman–Crippen MR) is 60.3 cm³/mol. The fourth-order valence-electron chi connectivity index (χ4n) is 1.52. The summed E-state index contributed by atoms with van der Waals surface area (Å²) in [5.74, 6) is 0. The Kier molecular flexibility index (Phi) is 12.4. The average Bonchev–Trinajstić information content (AvgIpc) is 1.59. The van der Waals surface area contributed by atoms with E-state index in [4.69, 9.17) is 0 Å². The normalized spacial score (nSPS) is 10.5. The second-order valence-corrected chi connectivity index (χ2v) is 3.41. The highest BCUT2D eigenvalue weighted by Gasteiger charge is 2.14. The molecule has 4 heteroatoms. The zero-order chi connectivity index (χ0) is 8.31. The molecule has 0 unspecified atom stereocenters. The first-order valence-corrected chi connectivity index (χ1v) is 3.92. The van der Waals surface area contributed by atoms with Crippen LogP contribution in [0.4, 0.5) is 0 Å². The van der Waals surface area contributed by atoms with E-state index in [1.165, 1.54) is 0 Å². The molecule has 0 radical (unpaired) electrons. The number of hydrogen-bond acceptors (Lipinski definition) is 2. The first kappa shape index (κ1) is 18.3. The Morgan fingerprint density at radius 2 is 1.00 bits per heavy atom. The Balaban J connectivity index is -0.000000405. The summed E-state index contributed by atoms with van der Waals surface area (Å²) in [5, 5.41) is 4.48. The number of rotatable bonds is 3. The maximum Gasteiger partial charge on any atom is 0.0192 e. The van der Waals surface area contributed by atoms with Gasteiger partial charge in [0, 0.05) is 26.2 Å². The molecule has 0 amide bonds. The van der Waals surface area contributed by atoms with Gasteiger partial charge in [-0.3, -0.25) is 0 Å². The number of nitrogens with zero attached hydrogens (tertiary/aromatic N) is 2. The largest absolute Gasteiger partial charge is 0.247 e. The van der Waals surface area contributed by atoms with Crippen molar-refractivity contribution in [3.05, 3.63) is 0 Å². The van der Waals surface area contributed by atoms with Crippen molar-refractivity contribution in [1.29, 1.82) is 0 Å². The van der Waals surface area contributed by atoms with E-state index in [1.54, 1.807) is 0 Å². The van der Waals surface area contributed by atoms with Crippen molar-refractivity contribution < 1.29 is 0 Å². The molecule has 2 nitrogen and oxygen atoms in total. The molecule has 0 saturated heterocycles. The summed E-state index contributed by atoms with van der Waals surface area (Å²) in [4.78, 5) is 0. The van der Waals surface area contributed by atoms with E-state index < -0.39 is 0 Å². The van der Waals surface area contributed by atoms with E-state index in [1.807, 2.05) is 0 Å². The molecule has 0 rings (SSSR count). The molecule has 0 aliphatic carbocycles. The van der Waals surface area contributed by atoms with Crippen LogP contribution in [-0.4, -0.2) is 36.2 Å². The molecular weight excluding hydrogens is 195 g/mol. The van der Waals surface area contributed by atoms with E-state index in [0.717, 1.165) is 0 Å². The van der Waals surface area contributed by atoms with E-state index in [9.17, 15) is 0 Å². The molecule has 78 valence electrons. The highest BCUT2D eigenvalue weighted by molar-refractivity contribution is 5.85. The summed E-state index contributed by atoms with van der Waals surface area (Å²) in [7, 11) is 4.17. The molecule has 0 atom stereocenters. The van der Waals surface area contributed by atoms with E-state index >= 15 is 0 Å². The van der Waals surface area contributed by atoms with Crippen LogP contribution >= 0.6 is 24.8 Å². The van der Waals surface area contributed by atoms with Crippen LogP contribution in [0, 0.1) is 0 Å². The number of halogens is 2. The SMILES string of the molecule is CC(C)N(C(C)C)N(C)C.Cl.Cl. The maximum atomic E-state index is 2.33. The smallest absolute Gasteiger partial charge is 0.0192 e. The van der Waals surface area contributed by atoms with Gasteiger partial charge in [-0.15, -0.1) is 24.8 Å². The summed E-state index contributed by atoms with van der Waals surface area (Å²) < 4.78 is 0. The molecule has 0 aliphatic rings. The van der Waals surface area contributed by atoms with Crippen molar-refractivity contribution in [3.63, 3.8) is 0 Å². The highest BCUT2D eigenvalue weighted by Crippen LogP contribution is 2.05. The molecule has 0 N–H and O–H groups in total. The summed E-state index contributed by atoms with van der Waals surface area (Å²) in [6.07, 6.45) is 0. The first-order chi connectivity index (χ1) is 4.46. The standard InChI is InChI=1S/C8H20N2.2ClH/c1-7(2)10(8(3)4)9(5)6;;/h7-8H,1-6H3;2*1H. The van der Waals surface area contributed by atoms with Crippen LogP contribution in [0.15, 0.2) is 0 Å². The van der Waals surface area contributed by atoms with Crippen molar-refractivity contribution >= 4 is 24.8 Å². The molecule has 0 aliphatic heterocycles. The third-order valence-electron chi connectivity index (χ3n) is 1.52. The van der Waals surface area contributed by atoms with Crippen molar-refractivity contribution in [2.24, 2.45) is 0 Å². The lowest BCUT2D eigenvalue weighted by atomic mass is 10.3. The molecule has 0 aromatic heterocycles. The van der Waals surface area contributed by atoms with Crippen LogP contribution in [-0.2, 0) is 0 Å². The molecule has 0 aromatic rings. The minimum Gasteiger partial charge on any atom is -0.247 e. The molecule has 0 bridgehead atoms. The van der Waals surface area contributed by atoms with Gasteiger partial charge < -0.3 is 0 Å². The van der Waals surface area contributed by atoms with Crippen molar-refractivity contribution in [2.45, 2.75) is 39.8 Å². The second kappa shape index (κ2) is 8.11. The van der Waals surface area contributed by atoms with E-state index in [-0.39, 0.29) is 24.8 Å². The van der Waals surface area contributed by atoms with Gasteiger partial charge in [-0.05, 0) is 27.7 Å². The quantitative estimate of drug-likeness (QED) is 0.670. The molecule has 0 heterocycles. The Morgan fingerprint density at radius 1 is 0.750 bits per heavy atom. The van der Waals surface area contributed by atoms with Crippen LogP contribution in [0.3, 0.4) is 0 Å². The maximum absolute atomic E-state index is 2.33. The summed E-state index contributed by atoms with van der Waals surface area (Å²) in [5.41, 5.74) is 0. The van der Waals surface area contributed by atoms with Crippen LogP contribution < -0.4 is 0 Å². The van der Waals surface area contributed by atoms with Gasteiger partial charge in [0.05, 0.1) is 0 Å². The molecule has 0 saturated carbocycles. The van der Waals surface area contributed by atoms with Crippen LogP contribution in [0.5, 0.6) is 0 Å². The minimum atomic E-state index is 0. The lowest BCUT2D eigenvalue weighted by Gasteiger charge is -2.35. The van der Waals surface area contributed by atoms with E-state index in [0.29, 0.717) is 12.1 Å². The van der Waals surface area contributed by atoms with Crippen LogP contribution in [0.1, 0.15) is 27.7 Å². The summed E-state index contributed by atoms with van der Waals surface area (Å²) in [6, 6.07) is 1.19. The van der Waals surface area contributed by atoms with Gasteiger partial charge in [0.2, 0.25) is 0 Å². The predicted octanol–water partition coefficient (Wildman–Crippen LogP) is 2.43. The molecular formula is C8H22Cl2N2. The zero-order valence-electron chi connectivity index (χ0n) is 8.87. The van der Waals surface area contributed by atoms with Crippen molar-refractivity contribution in [2.75, 3.05) is 14.1 Å². The minimum absolute atomic E-state index is 0. The monoisotopic (exact) mass is 216 g/mol. The Bertz CT molecular complexity index is 76.0. The molecule has 0 aromatic carbocycles. The zero-order valence-corrected chi connectivity index (χ0v) is 10.5. The molecule has 12 heavy (non-hydrogen) atoms. The topological polar surface area (TPSA) is 6.48 Å². The van der Waals surface area contributed by atoms with Gasteiger partial charge in [0.15, 0.2) is 0 Å². The molecule has 0 spiro atoms. The lowest BCUT2D eigenvalue weighted by molar-refractivity contribution is -0.0344. The third kappa shape index (κ3) is 6.06. The third-order valence-corrected chi connectivity index (χ3v) is 1.52. The number of hydrogen-bond donors (Lipinski definition) is 0. The first-order valence-electron chi connectivity index (χ1n) is 3.92. The van der Waals surface area contributed by atoms with Gasteiger partial charge in [0.1, 0.15) is 0 Å². The molecule has 0 fully saturated rings. The Morgan fingerprint density at radius 3 is 1.00 bits per heavy atom. The highest BCUT2D eigenvalue weighted by atomic mass is 35.5. The number of hydrazine groups is 1. The van der Waals surface area contributed by atoms with Gasteiger partial charge in [-0.25, -0.2) is 10.0 Å².